The number of amides is 3. The Balaban J connectivity index is 1.95. The van der Waals surface area contributed by atoms with Gasteiger partial charge in [-0.2, -0.15) is 11.8 Å². The Morgan fingerprint density at radius 1 is 1.04 bits per heavy atom. The standard InChI is InChI=1S/C20H26N4O2S/c1-14(15-6-4-3-5-7-15)22-16-8-10-17(11-9-16)23-19(25)18(12-13-27-2)24-20(21)26/h3-11,14,18,22H,12-13H2,1-2H3,(H,23,25)(H3,21,24,26). The fourth-order valence-corrected chi connectivity index (χ4v) is 3.10. The second-order valence-electron chi connectivity index (χ2n) is 6.19. The molecule has 2 aromatic carbocycles. The molecule has 0 aromatic heterocycles. The van der Waals surface area contributed by atoms with E-state index in [-0.39, 0.29) is 11.9 Å². The number of rotatable bonds is 9. The highest BCUT2D eigenvalue weighted by atomic mass is 32.2. The number of hydrogen-bond acceptors (Lipinski definition) is 4. The Labute approximate surface area is 164 Å². The van der Waals surface area contributed by atoms with Gasteiger partial charge in [0.1, 0.15) is 6.04 Å². The molecule has 0 heterocycles. The minimum Gasteiger partial charge on any atom is -0.379 e. The fraction of sp³-hybridized carbons (Fsp3) is 0.300. The Morgan fingerprint density at radius 2 is 1.67 bits per heavy atom. The van der Waals surface area contributed by atoms with Crippen molar-refractivity contribution in [1.82, 2.24) is 5.32 Å². The molecule has 27 heavy (non-hydrogen) atoms. The number of urea groups is 1. The van der Waals surface area contributed by atoms with Gasteiger partial charge in [0, 0.05) is 17.4 Å². The quantitative estimate of drug-likeness (QED) is 0.529. The van der Waals surface area contributed by atoms with Gasteiger partial charge < -0.3 is 21.7 Å². The molecule has 3 amide bonds. The van der Waals surface area contributed by atoms with E-state index in [0.717, 1.165) is 11.4 Å². The van der Waals surface area contributed by atoms with Crippen molar-refractivity contribution < 1.29 is 9.59 Å². The Morgan fingerprint density at radius 3 is 2.26 bits per heavy atom. The van der Waals surface area contributed by atoms with Gasteiger partial charge in [0.2, 0.25) is 5.91 Å². The first kappa shape index (κ1) is 20.6. The van der Waals surface area contributed by atoms with Crippen molar-refractivity contribution in [2.24, 2.45) is 5.73 Å². The molecule has 0 radical (unpaired) electrons. The lowest BCUT2D eigenvalue weighted by Gasteiger charge is -2.18. The van der Waals surface area contributed by atoms with E-state index in [1.807, 2.05) is 48.7 Å². The highest BCUT2D eigenvalue weighted by molar-refractivity contribution is 7.98. The highest BCUT2D eigenvalue weighted by Gasteiger charge is 2.19. The number of nitrogens with one attached hydrogen (secondary N) is 3. The molecular formula is C20H26N4O2S. The summed E-state index contributed by atoms with van der Waals surface area (Å²) in [5.41, 5.74) is 7.99. The van der Waals surface area contributed by atoms with Crippen LogP contribution in [0.5, 0.6) is 0 Å². The van der Waals surface area contributed by atoms with Crippen LogP contribution in [0.1, 0.15) is 24.9 Å². The number of benzene rings is 2. The molecule has 2 unspecified atom stereocenters. The van der Waals surface area contributed by atoms with Crippen molar-refractivity contribution in [2.75, 3.05) is 22.6 Å². The van der Waals surface area contributed by atoms with Gasteiger partial charge in [-0.05, 0) is 55.2 Å². The fourth-order valence-electron chi connectivity index (χ4n) is 2.63. The second kappa shape index (κ2) is 10.5. The van der Waals surface area contributed by atoms with E-state index < -0.39 is 12.1 Å². The molecule has 2 aromatic rings. The Bertz CT molecular complexity index is 737. The molecule has 0 aliphatic heterocycles. The van der Waals surface area contributed by atoms with Gasteiger partial charge in [0.25, 0.3) is 0 Å². The Kier molecular flexibility index (Phi) is 8.00. The molecule has 0 spiro atoms. The molecule has 0 aliphatic carbocycles. The predicted octanol–water partition coefficient (Wildman–Crippen LogP) is 3.59. The van der Waals surface area contributed by atoms with E-state index in [1.165, 1.54) is 5.56 Å². The number of primary amides is 1. The molecule has 0 aliphatic rings. The molecule has 6 nitrogen and oxygen atoms in total. The van der Waals surface area contributed by atoms with Crippen LogP contribution in [0.25, 0.3) is 0 Å². The first-order valence-electron chi connectivity index (χ1n) is 8.77. The summed E-state index contributed by atoms with van der Waals surface area (Å²) in [5.74, 6) is 0.472. The van der Waals surface area contributed by atoms with Crippen molar-refractivity contribution >= 4 is 35.1 Å². The summed E-state index contributed by atoms with van der Waals surface area (Å²) in [5, 5.41) is 8.74. The van der Waals surface area contributed by atoms with E-state index in [0.29, 0.717) is 12.1 Å². The SMILES string of the molecule is CSCCC(NC(N)=O)C(=O)Nc1ccc(NC(C)c2ccccc2)cc1. The van der Waals surface area contributed by atoms with Crippen LogP contribution in [0.4, 0.5) is 16.2 Å². The van der Waals surface area contributed by atoms with Crippen molar-refractivity contribution in [1.29, 1.82) is 0 Å². The van der Waals surface area contributed by atoms with Crippen LogP contribution >= 0.6 is 11.8 Å². The summed E-state index contributed by atoms with van der Waals surface area (Å²) in [6.45, 7) is 2.09. The zero-order valence-corrected chi connectivity index (χ0v) is 16.4. The first-order chi connectivity index (χ1) is 13.0. The molecule has 0 saturated heterocycles. The molecule has 7 heteroatoms. The minimum absolute atomic E-state index is 0.169. The lowest BCUT2D eigenvalue weighted by molar-refractivity contribution is -0.117. The smallest absolute Gasteiger partial charge is 0.312 e. The monoisotopic (exact) mass is 386 g/mol. The third kappa shape index (κ3) is 6.86. The maximum atomic E-state index is 12.4. The third-order valence-corrected chi connectivity index (χ3v) is 4.72. The van der Waals surface area contributed by atoms with Crippen LogP contribution in [0.3, 0.4) is 0 Å². The molecule has 2 atom stereocenters. The average Bonchev–Trinajstić information content (AvgIpc) is 2.67. The summed E-state index contributed by atoms with van der Waals surface area (Å²) < 4.78 is 0. The normalized spacial score (nSPS) is 12.7. The van der Waals surface area contributed by atoms with Crippen LogP contribution < -0.4 is 21.7 Å². The summed E-state index contributed by atoms with van der Waals surface area (Å²) in [7, 11) is 0. The largest absolute Gasteiger partial charge is 0.379 e. The van der Waals surface area contributed by atoms with Crippen molar-refractivity contribution in [3.05, 3.63) is 60.2 Å². The number of carbonyl (C=O) groups excluding carboxylic acids is 2. The maximum absolute atomic E-state index is 12.4. The summed E-state index contributed by atoms with van der Waals surface area (Å²) in [4.78, 5) is 23.5. The first-order valence-corrected chi connectivity index (χ1v) is 10.2. The van der Waals surface area contributed by atoms with Gasteiger partial charge in [-0.3, -0.25) is 4.79 Å². The van der Waals surface area contributed by atoms with Gasteiger partial charge in [-0.1, -0.05) is 30.3 Å². The average molecular weight is 387 g/mol. The van der Waals surface area contributed by atoms with E-state index in [1.54, 1.807) is 11.8 Å². The number of hydrogen-bond donors (Lipinski definition) is 4. The maximum Gasteiger partial charge on any atom is 0.312 e. The lowest BCUT2D eigenvalue weighted by atomic mass is 10.1. The lowest BCUT2D eigenvalue weighted by Crippen LogP contribution is -2.46. The summed E-state index contributed by atoms with van der Waals surface area (Å²) >= 11 is 1.61. The molecule has 144 valence electrons. The number of anilines is 2. The summed E-state index contributed by atoms with van der Waals surface area (Å²) in [6, 6.07) is 16.5. The van der Waals surface area contributed by atoms with Gasteiger partial charge in [0.15, 0.2) is 0 Å². The van der Waals surface area contributed by atoms with E-state index in [9.17, 15) is 9.59 Å². The van der Waals surface area contributed by atoms with Crippen molar-refractivity contribution in [2.45, 2.75) is 25.4 Å². The highest BCUT2D eigenvalue weighted by Crippen LogP contribution is 2.20. The van der Waals surface area contributed by atoms with Crippen LogP contribution in [-0.4, -0.2) is 30.0 Å². The van der Waals surface area contributed by atoms with Crippen molar-refractivity contribution in [3.63, 3.8) is 0 Å². The molecule has 5 N–H and O–H groups in total. The Hall–Kier alpha value is -2.67. The number of thioether (sulfide) groups is 1. The topological polar surface area (TPSA) is 96.2 Å². The zero-order chi connectivity index (χ0) is 19.6. The molecule has 2 rings (SSSR count). The van der Waals surface area contributed by atoms with E-state index in [2.05, 4.69) is 35.0 Å². The van der Waals surface area contributed by atoms with Crippen LogP contribution in [0.15, 0.2) is 54.6 Å². The number of carbonyl (C=O) groups is 2. The number of nitrogens with two attached hydrogens (primary N) is 1. The van der Waals surface area contributed by atoms with Crippen LogP contribution in [-0.2, 0) is 4.79 Å². The van der Waals surface area contributed by atoms with Crippen LogP contribution in [0.2, 0.25) is 0 Å². The van der Waals surface area contributed by atoms with Gasteiger partial charge in [-0.25, -0.2) is 4.79 Å². The summed E-state index contributed by atoms with van der Waals surface area (Å²) in [6.07, 6.45) is 2.46. The van der Waals surface area contributed by atoms with Crippen molar-refractivity contribution in [3.8, 4) is 0 Å². The molecule has 0 saturated carbocycles. The second-order valence-corrected chi connectivity index (χ2v) is 7.17. The van der Waals surface area contributed by atoms with Gasteiger partial charge >= 0.3 is 6.03 Å². The third-order valence-electron chi connectivity index (χ3n) is 4.08. The van der Waals surface area contributed by atoms with Gasteiger partial charge in [-0.15, -0.1) is 0 Å². The molecular weight excluding hydrogens is 360 g/mol. The van der Waals surface area contributed by atoms with Crippen LogP contribution in [0, 0.1) is 0 Å². The van der Waals surface area contributed by atoms with E-state index in [4.69, 9.17) is 5.73 Å². The predicted molar refractivity (Wildman–Crippen MR) is 113 cm³/mol. The zero-order valence-electron chi connectivity index (χ0n) is 15.6. The molecule has 0 fully saturated rings. The van der Waals surface area contributed by atoms with E-state index >= 15 is 0 Å². The molecule has 0 bridgehead atoms. The minimum atomic E-state index is -0.703. The van der Waals surface area contributed by atoms with Gasteiger partial charge in [0.05, 0.1) is 0 Å².